The molecule has 0 aliphatic heterocycles. The summed E-state index contributed by atoms with van der Waals surface area (Å²) in [4.78, 5) is 2.29. The van der Waals surface area contributed by atoms with Gasteiger partial charge in [0, 0.05) is 19.1 Å². The minimum atomic E-state index is 0.314. The number of nitrogens with one attached hydrogen (secondary N) is 1. The lowest BCUT2D eigenvalue weighted by Crippen LogP contribution is -2.53. The fraction of sp³-hybridized carbons (Fsp3) is 1.00. The molecule has 0 radical (unpaired) electrons. The molecule has 1 aliphatic rings. The van der Waals surface area contributed by atoms with Crippen LogP contribution in [0.25, 0.3) is 0 Å². The molecule has 1 unspecified atom stereocenters. The Morgan fingerprint density at radius 3 is 2.50 bits per heavy atom. The van der Waals surface area contributed by atoms with Crippen molar-refractivity contribution in [1.29, 1.82) is 0 Å². The maximum Gasteiger partial charge on any atom is 0.0723 e. The molecule has 0 aromatic rings. The molecule has 0 amide bonds. The van der Waals surface area contributed by atoms with Crippen LogP contribution in [0.2, 0.25) is 0 Å². The Balaban J connectivity index is 2.28. The van der Waals surface area contributed by atoms with Crippen LogP contribution in [-0.4, -0.2) is 43.8 Å². The van der Waals surface area contributed by atoms with Crippen LogP contribution >= 0.6 is 0 Å². The van der Waals surface area contributed by atoms with Gasteiger partial charge in [-0.15, -0.1) is 0 Å². The van der Waals surface area contributed by atoms with Gasteiger partial charge < -0.3 is 11.5 Å². The molecular formula is C12H28N4. The SMILES string of the molecule is CN(CCCN)C(CN)NC1CCCCC1. The van der Waals surface area contributed by atoms with Gasteiger partial charge in [-0.1, -0.05) is 19.3 Å². The summed E-state index contributed by atoms with van der Waals surface area (Å²) in [5.74, 6) is 0. The van der Waals surface area contributed by atoms with Crippen LogP contribution in [-0.2, 0) is 0 Å². The first-order chi connectivity index (χ1) is 7.77. The Morgan fingerprint density at radius 2 is 1.94 bits per heavy atom. The molecule has 1 rings (SSSR count). The van der Waals surface area contributed by atoms with Crippen LogP contribution in [0.1, 0.15) is 38.5 Å². The lowest BCUT2D eigenvalue weighted by molar-refractivity contribution is 0.178. The summed E-state index contributed by atoms with van der Waals surface area (Å²) in [5.41, 5.74) is 11.4. The molecule has 0 spiro atoms. The van der Waals surface area contributed by atoms with E-state index in [-0.39, 0.29) is 0 Å². The number of nitrogens with zero attached hydrogens (tertiary/aromatic N) is 1. The molecule has 16 heavy (non-hydrogen) atoms. The average molecular weight is 228 g/mol. The third-order valence-corrected chi connectivity index (χ3v) is 3.50. The highest BCUT2D eigenvalue weighted by Gasteiger charge is 2.19. The van der Waals surface area contributed by atoms with Crippen LogP contribution in [0, 0.1) is 0 Å². The Labute approximate surface area is 99.7 Å². The minimum absolute atomic E-state index is 0.314. The zero-order valence-corrected chi connectivity index (χ0v) is 10.6. The molecule has 0 heterocycles. The van der Waals surface area contributed by atoms with Gasteiger partial charge in [0.25, 0.3) is 0 Å². The highest BCUT2D eigenvalue weighted by Crippen LogP contribution is 2.18. The Hall–Kier alpha value is -0.160. The van der Waals surface area contributed by atoms with Crippen LogP contribution < -0.4 is 16.8 Å². The van der Waals surface area contributed by atoms with Crippen molar-refractivity contribution in [3.05, 3.63) is 0 Å². The summed E-state index contributed by atoms with van der Waals surface area (Å²) < 4.78 is 0. The van der Waals surface area contributed by atoms with Crippen molar-refractivity contribution < 1.29 is 0 Å². The molecule has 5 N–H and O–H groups in total. The molecule has 0 saturated heterocycles. The normalized spacial score (nSPS) is 20.2. The monoisotopic (exact) mass is 228 g/mol. The van der Waals surface area contributed by atoms with Crippen molar-refractivity contribution in [2.45, 2.75) is 50.7 Å². The van der Waals surface area contributed by atoms with Crippen LogP contribution in [0.4, 0.5) is 0 Å². The summed E-state index contributed by atoms with van der Waals surface area (Å²) in [5, 5.41) is 3.67. The third kappa shape index (κ3) is 4.78. The van der Waals surface area contributed by atoms with Crippen molar-refractivity contribution in [3.63, 3.8) is 0 Å². The molecule has 0 aromatic heterocycles. The molecule has 1 fully saturated rings. The maximum absolute atomic E-state index is 5.83. The van der Waals surface area contributed by atoms with Crippen molar-refractivity contribution in [2.75, 3.05) is 26.7 Å². The first-order valence-corrected chi connectivity index (χ1v) is 6.64. The van der Waals surface area contributed by atoms with Crippen molar-refractivity contribution in [3.8, 4) is 0 Å². The fourth-order valence-corrected chi connectivity index (χ4v) is 2.41. The average Bonchev–Trinajstić information content (AvgIpc) is 2.34. The largest absolute Gasteiger partial charge is 0.330 e. The Bertz CT molecular complexity index is 168. The standard InChI is InChI=1S/C12H28N4/c1-16(9-5-8-13)12(10-14)15-11-6-3-2-4-7-11/h11-12,15H,2-10,13-14H2,1H3. The van der Waals surface area contributed by atoms with E-state index >= 15 is 0 Å². The zero-order chi connectivity index (χ0) is 11.8. The highest BCUT2D eigenvalue weighted by molar-refractivity contribution is 4.77. The molecule has 1 saturated carbocycles. The van der Waals surface area contributed by atoms with E-state index < -0.39 is 0 Å². The van der Waals surface area contributed by atoms with Crippen molar-refractivity contribution >= 4 is 0 Å². The topological polar surface area (TPSA) is 67.3 Å². The van der Waals surface area contributed by atoms with E-state index in [2.05, 4.69) is 17.3 Å². The molecular weight excluding hydrogens is 200 g/mol. The van der Waals surface area contributed by atoms with Gasteiger partial charge in [-0.2, -0.15) is 0 Å². The second kappa shape index (κ2) is 8.01. The number of nitrogens with two attached hydrogens (primary N) is 2. The number of hydrogen-bond acceptors (Lipinski definition) is 4. The first-order valence-electron chi connectivity index (χ1n) is 6.64. The Morgan fingerprint density at radius 1 is 1.25 bits per heavy atom. The minimum Gasteiger partial charge on any atom is -0.330 e. The van der Waals surface area contributed by atoms with E-state index in [9.17, 15) is 0 Å². The summed E-state index contributed by atoms with van der Waals surface area (Å²) in [6.45, 7) is 2.46. The summed E-state index contributed by atoms with van der Waals surface area (Å²) in [7, 11) is 2.13. The molecule has 1 atom stereocenters. The fourth-order valence-electron chi connectivity index (χ4n) is 2.41. The van der Waals surface area contributed by atoms with E-state index in [0.717, 1.165) is 19.5 Å². The zero-order valence-electron chi connectivity index (χ0n) is 10.6. The summed E-state index contributed by atoms with van der Waals surface area (Å²) in [6.07, 6.45) is 8.09. The number of likely N-dealkylation sites (N-methyl/N-ethyl adjacent to an activating group) is 1. The summed E-state index contributed by atoms with van der Waals surface area (Å²) >= 11 is 0. The van der Waals surface area contributed by atoms with Gasteiger partial charge in [0.1, 0.15) is 0 Å². The van der Waals surface area contributed by atoms with Crippen LogP contribution in [0.15, 0.2) is 0 Å². The van der Waals surface area contributed by atoms with Gasteiger partial charge in [0.2, 0.25) is 0 Å². The predicted molar refractivity (Wildman–Crippen MR) is 69.2 cm³/mol. The highest BCUT2D eigenvalue weighted by atomic mass is 15.3. The van der Waals surface area contributed by atoms with Gasteiger partial charge in [-0.25, -0.2) is 0 Å². The van der Waals surface area contributed by atoms with Crippen LogP contribution in [0.5, 0.6) is 0 Å². The lowest BCUT2D eigenvalue weighted by Gasteiger charge is -2.33. The number of hydrogen-bond donors (Lipinski definition) is 3. The van der Waals surface area contributed by atoms with E-state index in [1.54, 1.807) is 0 Å². The van der Waals surface area contributed by atoms with E-state index in [1.807, 2.05) is 0 Å². The van der Waals surface area contributed by atoms with E-state index in [0.29, 0.717) is 18.8 Å². The van der Waals surface area contributed by atoms with Gasteiger partial charge >= 0.3 is 0 Å². The van der Waals surface area contributed by atoms with E-state index in [4.69, 9.17) is 11.5 Å². The second-order valence-corrected chi connectivity index (χ2v) is 4.88. The van der Waals surface area contributed by atoms with Crippen molar-refractivity contribution in [1.82, 2.24) is 10.2 Å². The van der Waals surface area contributed by atoms with Crippen LogP contribution in [0.3, 0.4) is 0 Å². The molecule has 1 aliphatic carbocycles. The molecule has 0 aromatic carbocycles. The van der Waals surface area contributed by atoms with Gasteiger partial charge in [-0.05, 0) is 32.9 Å². The molecule has 96 valence electrons. The molecule has 4 nitrogen and oxygen atoms in total. The van der Waals surface area contributed by atoms with Gasteiger partial charge in [-0.3, -0.25) is 10.2 Å². The lowest BCUT2D eigenvalue weighted by atomic mass is 9.95. The quantitative estimate of drug-likeness (QED) is 0.554. The smallest absolute Gasteiger partial charge is 0.0723 e. The Kier molecular flexibility index (Phi) is 6.96. The molecule has 4 heteroatoms. The molecule has 0 bridgehead atoms. The number of rotatable bonds is 7. The van der Waals surface area contributed by atoms with E-state index in [1.165, 1.54) is 32.1 Å². The first kappa shape index (κ1) is 13.9. The second-order valence-electron chi connectivity index (χ2n) is 4.88. The van der Waals surface area contributed by atoms with Gasteiger partial charge in [0.15, 0.2) is 0 Å². The van der Waals surface area contributed by atoms with Gasteiger partial charge in [0.05, 0.1) is 6.17 Å². The maximum atomic E-state index is 5.83. The predicted octanol–water partition coefficient (Wildman–Crippen LogP) is 0.474. The third-order valence-electron chi connectivity index (χ3n) is 3.50. The summed E-state index contributed by atoms with van der Waals surface area (Å²) in [6, 6.07) is 0.669. The van der Waals surface area contributed by atoms with Crippen molar-refractivity contribution in [2.24, 2.45) is 11.5 Å².